The number of aryl methyl sites for hydroxylation is 3. The molecule has 0 N–H and O–H groups in total. The van der Waals surface area contributed by atoms with Crippen molar-refractivity contribution in [1.29, 1.82) is 5.26 Å². The minimum atomic E-state index is -0.0114. The molecule has 4 rings (SSSR count). The van der Waals surface area contributed by atoms with Gasteiger partial charge in [-0.25, -0.2) is 9.97 Å². The fourth-order valence-electron chi connectivity index (χ4n) is 3.54. The highest BCUT2D eigenvalue weighted by Gasteiger charge is 2.23. The molecule has 5 nitrogen and oxygen atoms in total. The number of aromatic nitrogens is 2. The molecule has 28 heavy (non-hydrogen) atoms. The van der Waals surface area contributed by atoms with E-state index < -0.39 is 0 Å². The SMILES string of the molecule is Cc1nc(SCC(=O)N(CCC#N)c2ccccc2)c2c3c(sc2n1)CCC3. The third-order valence-electron chi connectivity index (χ3n) is 4.79. The second-order valence-electron chi connectivity index (χ2n) is 6.69. The molecule has 0 spiro atoms. The highest BCUT2D eigenvalue weighted by atomic mass is 32.2. The van der Waals surface area contributed by atoms with Crippen LogP contribution in [0.3, 0.4) is 0 Å². The second kappa shape index (κ2) is 8.29. The number of benzene rings is 1. The minimum absolute atomic E-state index is 0.0114. The van der Waals surface area contributed by atoms with E-state index in [2.05, 4.69) is 16.0 Å². The number of carbonyl (C=O) groups is 1. The number of hydrogen-bond donors (Lipinski definition) is 0. The minimum Gasteiger partial charge on any atom is -0.311 e. The molecule has 0 saturated carbocycles. The Hall–Kier alpha value is -2.43. The molecule has 0 fully saturated rings. The largest absolute Gasteiger partial charge is 0.311 e. The Bertz CT molecular complexity index is 1060. The number of carbonyl (C=O) groups excluding carboxylic acids is 1. The second-order valence-corrected chi connectivity index (χ2v) is 8.74. The quantitative estimate of drug-likeness (QED) is 0.443. The van der Waals surface area contributed by atoms with Gasteiger partial charge in [-0.3, -0.25) is 4.79 Å². The van der Waals surface area contributed by atoms with Crippen molar-refractivity contribution in [3.05, 3.63) is 46.6 Å². The van der Waals surface area contributed by atoms with Crippen LogP contribution in [0.25, 0.3) is 10.2 Å². The number of nitriles is 1. The van der Waals surface area contributed by atoms with Crippen LogP contribution in [-0.2, 0) is 17.6 Å². The van der Waals surface area contributed by atoms with Crippen LogP contribution in [0.2, 0.25) is 0 Å². The summed E-state index contributed by atoms with van der Waals surface area (Å²) in [5, 5.41) is 11.0. The van der Waals surface area contributed by atoms with Gasteiger partial charge in [0.15, 0.2) is 0 Å². The molecule has 1 amide bonds. The van der Waals surface area contributed by atoms with Crippen LogP contribution < -0.4 is 4.90 Å². The van der Waals surface area contributed by atoms with Crippen LogP contribution in [-0.4, -0.2) is 28.2 Å². The lowest BCUT2D eigenvalue weighted by molar-refractivity contribution is -0.116. The number of fused-ring (bicyclic) bond motifs is 3. The molecule has 1 aromatic carbocycles. The number of anilines is 1. The number of para-hydroxylation sites is 1. The van der Waals surface area contributed by atoms with E-state index >= 15 is 0 Å². The average molecular weight is 409 g/mol. The zero-order chi connectivity index (χ0) is 19.5. The molecule has 0 bridgehead atoms. The molecule has 142 valence electrons. The van der Waals surface area contributed by atoms with Gasteiger partial charge in [0.1, 0.15) is 15.7 Å². The van der Waals surface area contributed by atoms with Gasteiger partial charge in [0.05, 0.1) is 18.2 Å². The number of amides is 1. The predicted octanol–water partition coefficient (Wildman–Crippen LogP) is 4.53. The molecule has 1 aliphatic carbocycles. The number of nitrogens with zero attached hydrogens (tertiary/aromatic N) is 4. The van der Waals surface area contributed by atoms with E-state index in [1.54, 1.807) is 16.2 Å². The van der Waals surface area contributed by atoms with Gasteiger partial charge >= 0.3 is 0 Å². The summed E-state index contributed by atoms with van der Waals surface area (Å²) in [7, 11) is 0. The lowest BCUT2D eigenvalue weighted by Crippen LogP contribution is -2.33. The van der Waals surface area contributed by atoms with Gasteiger partial charge in [0.25, 0.3) is 0 Å². The molecule has 2 aromatic heterocycles. The molecule has 1 aliphatic rings. The molecule has 0 saturated heterocycles. The Kier molecular flexibility index (Phi) is 5.60. The summed E-state index contributed by atoms with van der Waals surface area (Å²) in [6.45, 7) is 2.30. The lowest BCUT2D eigenvalue weighted by atomic mass is 10.2. The first-order valence-corrected chi connectivity index (χ1v) is 11.1. The summed E-state index contributed by atoms with van der Waals surface area (Å²) in [5.74, 6) is 1.02. The Labute approximate surface area is 172 Å². The Morgan fingerprint density at radius 2 is 2.11 bits per heavy atom. The summed E-state index contributed by atoms with van der Waals surface area (Å²) in [5.41, 5.74) is 2.20. The molecule has 7 heteroatoms. The van der Waals surface area contributed by atoms with Crippen molar-refractivity contribution in [3.8, 4) is 6.07 Å². The molecule has 0 radical (unpaired) electrons. The molecule has 0 unspecified atom stereocenters. The third-order valence-corrected chi connectivity index (χ3v) is 6.94. The molecular formula is C21H20N4OS2. The fraction of sp³-hybridized carbons (Fsp3) is 0.333. The summed E-state index contributed by atoms with van der Waals surface area (Å²) >= 11 is 3.25. The molecular weight excluding hydrogens is 388 g/mol. The standard InChI is InChI=1S/C21H20N4OS2/c1-14-23-20(19-16-9-5-10-17(16)28-21(19)24-14)27-13-18(26)25(12-6-11-22)15-7-3-2-4-8-15/h2-4,7-8H,5-6,9-10,12-13H2,1H3. The van der Waals surface area contributed by atoms with Crippen LogP contribution in [0.15, 0.2) is 35.4 Å². The van der Waals surface area contributed by atoms with Gasteiger partial charge < -0.3 is 4.90 Å². The van der Waals surface area contributed by atoms with Crippen molar-refractivity contribution in [2.45, 2.75) is 37.6 Å². The third kappa shape index (κ3) is 3.75. The highest BCUT2D eigenvalue weighted by Crippen LogP contribution is 2.40. The van der Waals surface area contributed by atoms with Gasteiger partial charge in [0, 0.05) is 22.5 Å². The first-order chi connectivity index (χ1) is 13.7. The molecule has 3 aromatic rings. The van der Waals surface area contributed by atoms with Crippen molar-refractivity contribution in [2.75, 3.05) is 17.2 Å². The fourth-order valence-corrected chi connectivity index (χ4v) is 5.89. The van der Waals surface area contributed by atoms with Gasteiger partial charge in [-0.15, -0.1) is 11.3 Å². The van der Waals surface area contributed by atoms with Crippen molar-refractivity contribution >= 4 is 44.9 Å². The average Bonchev–Trinajstić information content (AvgIpc) is 3.28. The van der Waals surface area contributed by atoms with E-state index in [4.69, 9.17) is 5.26 Å². The number of hydrogen-bond acceptors (Lipinski definition) is 6. The lowest BCUT2D eigenvalue weighted by Gasteiger charge is -2.21. The number of rotatable bonds is 6. The predicted molar refractivity (Wildman–Crippen MR) is 114 cm³/mol. The van der Waals surface area contributed by atoms with Crippen molar-refractivity contribution in [2.24, 2.45) is 0 Å². The first kappa shape index (κ1) is 18.9. The van der Waals surface area contributed by atoms with Crippen molar-refractivity contribution < 1.29 is 4.79 Å². The van der Waals surface area contributed by atoms with Crippen LogP contribution in [0.4, 0.5) is 5.69 Å². The Balaban J connectivity index is 1.58. The molecule has 0 aliphatic heterocycles. The number of thiophene rings is 1. The van der Waals surface area contributed by atoms with Gasteiger partial charge in [-0.2, -0.15) is 5.26 Å². The Morgan fingerprint density at radius 3 is 2.89 bits per heavy atom. The van der Waals surface area contributed by atoms with Crippen molar-refractivity contribution in [3.63, 3.8) is 0 Å². The van der Waals surface area contributed by atoms with Crippen LogP contribution >= 0.6 is 23.1 Å². The molecule has 0 atom stereocenters. The van der Waals surface area contributed by atoms with Gasteiger partial charge in [-0.05, 0) is 43.9 Å². The summed E-state index contributed by atoms with van der Waals surface area (Å²) < 4.78 is 0. The van der Waals surface area contributed by atoms with Crippen molar-refractivity contribution in [1.82, 2.24) is 9.97 Å². The Morgan fingerprint density at radius 1 is 1.29 bits per heavy atom. The summed E-state index contributed by atoms with van der Waals surface area (Å²) in [6, 6.07) is 11.7. The van der Waals surface area contributed by atoms with E-state index in [0.29, 0.717) is 13.0 Å². The van der Waals surface area contributed by atoms with E-state index in [0.717, 1.165) is 39.6 Å². The molecule has 2 heterocycles. The monoisotopic (exact) mass is 408 g/mol. The zero-order valence-electron chi connectivity index (χ0n) is 15.6. The zero-order valence-corrected chi connectivity index (χ0v) is 17.3. The maximum atomic E-state index is 13.0. The summed E-state index contributed by atoms with van der Waals surface area (Å²) in [4.78, 5) is 26.4. The van der Waals surface area contributed by atoms with E-state index in [1.807, 2.05) is 37.3 Å². The first-order valence-electron chi connectivity index (χ1n) is 9.31. The topological polar surface area (TPSA) is 69.9 Å². The summed E-state index contributed by atoms with van der Waals surface area (Å²) in [6.07, 6.45) is 3.68. The maximum Gasteiger partial charge on any atom is 0.237 e. The maximum absolute atomic E-state index is 13.0. The van der Waals surface area contributed by atoms with Crippen LogP contribution in [0.5, 0.6) is 0 Å². The van der Waals surface area contributed by atoms with Gasteiger partial charge in [-0.1, -0.05) is 30.0 Å². The number of thioether (sulfide) groups is 1. The highest BCUT2D eigenvalue weighted by molar-refractivity contribution is 8.00. The smallest absolute Gasteiger partial charge is 0.237 e. The van der Waals surface area contributed by atoms with E-state index in [-0.39, 0.29) is 11.7 Å². The van der Waals surface area contributed by atoms with E-state index in [1.165, 1.54) is 28.6 Å². The van der Waals surface area contributed by atoms with Crippen LogP contribution in [0, 0.1) is 18.3 Å². The van der Waals surface area contributed by atoms with Crippen LogP contribution in [0.1, 0.15) is 29.1 Å². The van der Waals surface area contributed by atoms with E-state index in [9.17, 15) is 4.79 Å². The van der Waals surface area contributed by atoms with Gasteiger partial charge in [0.2, 0.25) is 5.91 Å². The normalized spacial score (nSPS) is 12.7.